The Morgan fingerprint density at radius 2 is 2.19 bits per heavy atom. The first-order valence-electron chi connectivity index (χ1n) is 7.77. The Morgan fingerprint density at radius 1 is 1.33 bits per heavy atom. The van der Waals surface area contributed by atoms with Crippen LogP contribution in [0.1, 0.15) is 36.8 Å². The molecule has 1 aromatic rings. The van der Waals surface area contributed by atoms with E-state index in [1.807, 2.05) is 25.1 Å². The predicted molar refractivity (Wildman–Crippen MR) is 84.7 cm³/mol. The number of anilines is 1. The summed E-state index contributed by atoms with van der Waals surface area (Å²) in [4.78, 5) is 12.5. The second-order valence-corrected chi connectivity index (χ2v) is 6.36. The van der Waals surface area contributed by atoms with Crippen molar-refractivity contribution in [2.24, 2.45) is 23.5 Å². The van der Waals surface area contributed by atoms with Crippen molar-refractivity contribution in [2.75, 3.05) is 11.9 Å². The lowest BCUT2D eigenvalue weighted by Crippen LogP contribution is -2.27. The van der Waals surface area contributed by atoms with E-state index in [9.17, 15) is 4.79 Å². The second-order valence-electron chi connectivity index (χ2n) is 6.36. The number of nitrogens with one attached hydrogen (secondary N) is 1. The van der Waals surface area contributed by atoms with Crippen molar-refractivity contribution in [3.8, 4) is 11.8 Å². The molecular formula is C18H22N2O. The molecule has 0 aliphatic heterocycles. The molecule has 2 aliphatic rings. The maximum absolute atomic E-state index is 12.5. The molecular weight excluding hydrogens is 260 g/mol. The molecule has 3 unspecified atom stereocenters. The van der Waals surface area contributed by atoms with Crippen molar-refractivity contribution in [2.45, 2.75) is 32.6 Å². The van der Waals surface area contributed by atoms with Gasteiger partial charge in [0.15, 0.2) is 0 Å². The first-order valence-corrected chi connectivity index (χ1v) is 7.77. The van der Waals surface area contributed by atoms with Crippen LogP contribution >= 0.6 is 0 Å². The SMILES string of the molecule is Cc1cc(C#CCN)cc(NC(=O)C2CC3CCC2C3)c1. The zero-order valence-corrected chi connectivity index (χ0v) is 12.5. The van der Waals surface area contributed by atoms with Gasteiger partial charge in [0.25, 0.3) is 0 Å². The van der Waals surface area contributed by atoms with Crippen molar-refractivity contribution >= 4 is 11.6 Å². The van der Waals surface area contributed by atoms with Crippen LogP contribution in [-0.2, 0) is 4.79 Å². The van der Waals surface area contributed by atoms with Gasteiger partial charge in [-0.2, -0.15) is 0 Å². The smallest absolute Gasteiger partial charge is 0.227 e. The van der Waals surface area contributed by atoms with Crippen LogP contribution in [0, 0.1) is 36.5 Å². The highest BCUT2D eigenvalue weighted by Gasteiger charge is 2.42. The summed E-state index contributed by atoms with van der Waals surface area (Å²) >= 11 is 0. The summed E-state index contributed by atoms with van der Waals surface area (Å²) in [6.07, 6.45) is 4.86. The summed E-state index contributed by atoms with van der Waals surface area (Å²) < 4.78 is 0. The summed E-state index contributed by atoms with van der Waals surface area (Å²) in [7, 11) is 0. The number of fused-ring (bicyclic) bond motifs is 2. The van der Waals surface area contributed by atoms with Gasteiger partial charge in [0, 0.05) is 17.2 Å². The van der Waals surface area contributed by atoms with Gasteiger partial charge in [0.2, 0.25) is 5.91 Å². The minimum absolute atomic E-state index is 0.186. The van der Waals surface area contributed by atoms with Crippen LogP contribution in [0.4, 0.5) is 5.69 Å². The van der Waals surface area contributed by atoms with Crippen molar-refractivity contribution in [3.63, 3.8) is 0 Å². The summed E-state index contributed by atoms with van der Waals surface area (Å²) in [6.45, 7) is 2.36. The highest BCUT2D eigenvalue weighted by Crippen LogP contribution is 2.48. The van der Waals surface area contributed by atoms with Crippen LogP contribution < -0.4 is 11.1 Å². The van der Waals surface area contributed by atoms with E-state index in [2.05, 4.69) is 17.2 Å². The standard InChI is InChI=1S/C18H22N2O/c1-12-7-13(3-2-6-19)10-16(8-12)20-18(21)17-11-14-4-5-15(17)9-14/h7-8,10,14-15,17H,4-6,9,11,19H2,1H3,(H,20,21). The molecule has 2 fully saturated rings. The molecule has 21 heavy (non-hydrogen) atoms. The lowest BCUT2D eigenvalue weighted by molar-refractivity contribution is -0.121. The van der Waals surface area contributed by atoms with E-state index in [1.165, 1.54) is 19.3 Å². The molecule has 0 saturated heterocycles. The number of amides is 1. The Bertz CT molecular complexity index is 611. The number of benzene rings is 1. The fourth-order valence-corrected chi connectivity index (χ4v) is 3.88. The van der Waals surface area contributed by atoms with Gasteiger partial charge in [0.05, 0.1) is 6.54 Å². The van der Waals surface area contributed by atoms with Crippen molar-refractivity contribution in [1.29, 1.82) is 0 Å². The fourth-order valence-electron chi connectivity index (χ4n) is 3.88. The number of aryl methyl sites for hydroxylation is 1. The minimum Gasteiger partial charge on any atom is -0.326 e. The van der Waals surface area contributed by atoms with Gasteiger partial charge in [-0.25, -0.2) is 0 Å². The number of carbonyl (C=O) groups excluding carboxylic acids is 1. The summed E-state index contributed by atoms with van der Waals surface area (Å²) in [5.74, 6) is 7.67. The quantitative estimate of drug-likeness (QED) is 0.819. The number of rotatable bonds is 2. The zero-order chi connectivity index (χ0) is 14.8. The average Bonchev–Trinajstić information content (AvgIpc) is 3.07. The Kier molecular flexibility index (Phi) is 3.98. The maximum atomic E-state index is 12.5. The van der Waals surface area contributed by atoms with E-state index in [1.54, 1.807) is 0 Å². The maximum Gasteiger partial charge on any atom is 0.227 e. The summed E-state index contributed by atoms with van der Waals surface area (Å²) in [5.41, 5.74) is 8.26. The van der Waals surface area contributed by atoms with Crippen LogP contribution in [0.15, 0.2) is 18.2 Å². The van der Waals surface area contributed by atoms with E-state index in [0.29, 0.717) is 12.5 Å². The Labute approximate surface area is 126 Å². The number of nitrogens with two attached hydrogens (primary N) is 1. The highest BCUT2D eigenvalue weighted by molar-refractivity contribution is 5.93. The van der Waals surface area contributed by atoms with E-state index < -0.39 is 0 Å². The molecule has 0 heterocycles. The minimum atomic E-state index is 0.186. The Morgan fingerprint density at radius 3 is 2.86 bits per heavy atom. The first-order chi connectivity index (χ1) is 10.2. The van der Waals surface area contributed by atoms with Crippen LogP contribution in [-0.4, -0.2) is 12.5 Å². The first kappa shape index (κ1) is 14.2. The lowest BCUT2D eigenvalue weighted by Gasteiger charge is -2.21. The topological polar surface area (TPSA) is 55.1 Å². The zero-order valence-electron chi connectivity index (χ0n) is 12.5. The molecule has 3 rings (SSSR count). The molecule has 3 nitrogen and oxygen atoms in total. The summed E-state index contributed by atoms with van der Waals surface area (Å²) in [5, 5.41) is 3.09. The van der Waals surface area contributed by atoms with Gasteiger partial charge >= 0.3 is 0 Å². The third kappa shape index (κ3) is 3.11. The highest BCUT2D eigenvalue weighted by atomic mass is 16.1. The van der Waals surface area contributed by atoms with Crippen LogP contribution in [0.5, 0.6) is 0 Å². The van der Waals surface area contributed by atoms with E-state index in [0.717, 1.165) is 29.2 Å². The van der Waals surface area contributed by atoms with Gasteiger partial charge < -0.3 is 11.1 Å². The third-order valence-electron chi connectivity index (χ3n) is 4.75. The number of hydrogen-bond donors (Lipinski definition) is 2. The molecule has 0 radical (unpaired) electrons. The molecule has 2 bridgehead atoms. The normalized spacial score (nSPS) is 26.3. The monoisotopic (exact) mass is 282 g/mol. The van der Waals surface area contributed by atoms with Crippen molar-refractivity contribution in [3.05, 3.63) is 29.3 Å². The lowest BCUT2D eigenvalue weighted by atomic mass is 9.88. The molecule has 1 amide bonds. The van der Waals surface area contributed by atoms with Gasteiger partial charge in [-0.3, -0.25) is 4.79 Å². The molecule has 1 aromatic carbocycles. The Balaban J connectivity index is 1.72. The van der Waals surface area contributed by atoms with Gasteiger partial charge in [-0.1, -0.05) is 18.3 Å². The van der Waals surface area contributed by atoms with E-state index in [4.69, 9.17) is 5.73 Å². The van der Waals surface area contributed by atoms with Gasteiger partial charge in [0.1, 0.15) is 0 Å². The van der Waals surface area contributed by atoms with Gasteiger partial charge in [-0.15, -0.1) is 0 Å². The molecule has 3 heteroatoms. The Hall–Kier alpha value is -1.79. The van der Waals surface area contributed by atoms with E-state index in [-0.39, 0.29) is 11.8 Å². The van der Waals surface area contributed by atoms with Crippen molar-refractivity contribution in [1.82, 2.24) is 0 Å². The second kappa shape index (κ2) is 5.91. The number of hydrogen-bond acceptors (Lipinski definition) is 2. The molecule has 3 N–H and O–H groups in total. The molecule has 0 aromatic heterocycles. The van der Waals surface area contributed by atoms with Gasteiger partial charge in [-0.05, 0) is 61.8 Å². The fraction of sp³-hybridized carbons (Fsp3) is 0.500. The molecule has 110 valence electrons. The molecule has 3 atom stereocenters. The third-order valence-corrected chi connectivity index (χ3v) is 4.75. The number of carbonyl (C=O) groups is 1. The molecule has 0 spiro atoms. The molecule has 2 saturated carbocycles. The predicted octanol–water partition coefficient (Wildman–Crippen LogP) is 2.68. The van der Waals surface area contributed by atoms with Crippen LogP contribution in [0.2, 0.25) is 0 Å². The van der Waals surface area contributed by atoms with Crippen LogP contribution in [0.25, 0.3) is 0 Å². The average molecular weight is 282 g/mol. The largest absolute Gasteiger partial charge is 0.326 e. The van der Waals surface area contributed by atoms with Crippen molar-refractivity contribution < 1.29 is 4.79 Å². The van der Waals surface area contributed by atoms with Crippen LogP contribution in [0.3, 0.4) is 0 Å². The summed E-state index contributed by atoms with van der Waals surface area (Å²) in [6, 6.07) is 5.94. The molecule has 2 aliphatic carbocycles. The van der Waals surface area contributed by atoms with E-state index >= 15 is 0 Å².